The van der Waals surface area contributed by atoms with Gasteiger partial charge in [0.15, 0.2) is 29.1 Å². The van der Waals surface area contributed by atoms with Crippen molar-refractivity contribution in [1.82, 2.24) is 25.0 Å². The first-order valence-electron chi connectivity index (χ1n) is 10.9. The van der Waals surface area contributed by atoms with Gasteiger partial charge in [0.2, 0.25) is 5.28 Å². The van der Waals surface area contributed by atoms with Gasteiger partial charge in [-0.05, 0) is 24.1 Å². The Kier molecular flexibility index (Phi) is 8.03. The molecule has 1 aromatic carbocycles. The summed E-state index contributed by atoms with van der Waals surface area (Å²) in [6.07, 6.45) is -5.87. The van der Waals surface area contributed by atoms with E-state index in [1.54, 1.807) is 7.05 Å². The zero-order chi connectivity index (χ0) is 27.1. The van der Waals surface area contributed by atoms with Gasteiger partial charge in [-0.15, -0.1) is 5.10 Å². The van der Waals surface area contributed by atoms with Crippen molar-refractivity contribution in [3.63, 3.8) is 0 Å². The predicted octanol–water partition coefficient (Wildman–Crippen LogP) is 1.03. The Hall–Kier alpha value is -2.03. The van der Waals surface area contributed by atoms with E-state index in [-0.39, 0.29) is 22.5 Å². The fourth-order valence-corrected chi connectivity index (χ4v) is 6.61. The summed E-state index contributed by atoms with van der Waals surface area (Å²) in [6, 6.07) is 9.48. The number of hydrogen-bond donors (Lipinski definition) is 5. The first-order valence-corrected chi connectivity index (χ1v) is 14.8. The smallest absolute Gasteiger partial charge is 0.340 e. The fourth-order valence-electron chi connectivity index (χ4n) is 3.88. The average Bonchev–Trinajstić information content (AvgIpc) is 3.36. The molecule has 18 heteroatoms. The molecule has 4 rings (SSSR count). The second kappa shape index (κ2) is 10.6. The minimum Gasteiger partial charge on any atom is -0.387 e. The van der Waals surface area contributed by atoms with Gasteiger partial charge in [0.1, 0.15) is 18.3 Å². The van der Waals surface area contributed by atoms with Crippen molar-refractivity contribution in [2.24, 2.45) is 0 Å². The molecule has 6 atom stereocenters. The summed E-state index contributed by atoms with van der Waals surface area (Å²) < 4.78 is 34.4. The van der Waals surface area contributed by atoms with Crippen molar-refractivity contribution in [3.05, 3.63) is 41.2 Å². The molecule has 3 heterocycles. The highest BCUT2D eigenvalue weighted by molar-refractivity contribution is 7.70. The van der Waals surface area contributed by atoms with Crippen LogP contribution in [-0.2, 0) is 18.4 Å². The maximum Gasteiger partial charge on any atom is 0.340 e. The number of aliphatic hydroxyl groups is 2. The molecule has 5 N–H and O–H groups in total. The third-order valence-electron chi connectivity index (χ3n) is 5.86. The number of aromatic nitrogens is 5. The summed E-state index contributed by atoms with van der Waals surface area (Å²) in [6.45, 7) is 1.21. The van der Waals surface area contributed by atoms with E-state index in [0.717, 1.165) is 10.2 Å². The van der Waals surface area contributed by atoms with E-state index < -0.39 is 52.2 Å². The molecule has 2 unspecified atom stereocenters. The number of halogens is 1. The van der Waals surface area contributed by atoms with Crippen LogP contribution in [0.3, 0.4) is 0 Å². The van der Waals surface area contributed by atoms with Crippen LogP contribution in [-0.4, -0.2) is 87.7 Å². The van der Waals surface area contributed by atoms with E-state index >= 15 is 0 Å². The zero-order valence-corrected chi connectivity index (χ0v) is 22.1. The molecule has 3 aromatic rings. The number of rotatable bonds is 9. The first-order chi connectivity index (χ1) is 17.3. The summed E-state index contributed by atoms with van der Waals surface area (Å²) in [5.41, 5.74) is 1.33. The van der Waals surface area contributed by atoms with Crippen molar-refractivity contribution < 1.29 is 43.3 Å². The molecule has 1 aliphatic heterocycles. The molecular weight excluding hydrogens is 554 g/mol. The monoisotopic (exact) mass is 578 g/mol. The summed E-state index contributed by atoms with van der Waals surface area (Å²) in [7, 11) is -7.76. The van der Waals surface area contributed by atoms with Crippen molar-refractivity contribution in [3.8, 4) is 0 Å². The summed E-state index contributed by atoms with van der Waals surface area (Å²) in [5.74, 6) is -1.06. The summed E-state index contributed by atoms with van der Waals surface area (Å²) in [5, 5.41) is 29.0. The molecule has 0 aliphatic carbocycles. The Balaban J connectivity index is 1.59. The molecule has 2 aromatic heterocycles. The Morgan fingerprint density at radius 3 is 2.49 bits per heavy atom. The standard InChI is InChI=1S/C19H25ClN6O9P2/c1-10(11-6-4-3-5-7-11)25(2)16-13-17(22-19(20)21-16)26(24-23-13)18-15(28)14(27)12(35-18)8-34-37(32,33)9-36(29,30)31/h3-7,10,12,14-15,18,27-28H,8-9H2,1-2H3,(H,32,33)(H2,29,30,31)/t10?,12-,14-,15-,18-/m1/s1. The molecule has 0 bridgehead atoms. The lowest BCUT2D eigenvalue weighted by molar-refractivity contribution is -0.0549. The van der Waals surface area contributed by atoms with Crippen molar-refractivity contribution in [2.45, 2.75) is 37.5 Å². The first kappa shape index (κ1) is 28.0. The molecule has 37 heavy (non-hydrogen) atoms. The highest BCUT2D eigenvalue weighted by atomic mass is 35.5. The lowest BCUT2D eigenvalue weighted by Crippen LogP contribution is -2.33. The minimum atomic E-state index is -4.84. The molecule has 0 saturated carbocycles. The molecule has 1 fully saturated rings. The highest BCUT2D eigenvalue weighted by Crippen LogP contribution is 2.55. The van der Waals surface area contributed by atoms with Crippen LogP contribution in [0.1, 0.15) is 24.8 Å². The minimum absolute atomic E-state index is 0.0919. The van der Waals surface area contributed by atoms with Crippen LogP contribution in [0.4, 0.5) is 5.82 Å². The van der Waals surface area contributed by atoms with E-state index in [2.05, 4.69) is 20.3 Å². The van der Waals surface area contributed by atoms with Crippen LogP contribution in [0.15, 0.2) is 30.3 Å². The Morgan fingerprint density at radius 2 is 1.84 bits per heavy atom. The normalized spacial score (nSPS) is 24.8. The van der Waals surface area contributed by atoms with Gasteiger partial charge in [0.05, 0.1) is 12.6 Å². The number of anilines is 1. The largest absolute Gasteiger partial charge is 0.387 e. The van der Waals surface area contributed by atoms with Crippen LogP contribution in [0, 0.1) is 0 Å². The van der Waals surface area contributed by atoms with Gasteiger partial charge in [-0.3, -0.25) is 9.13 Å². The van der Waals surface area contributed by atoms with E-state index in [4.69, 9.17) is 30.6 Å². The second-order valence-electron chi connectivity index (χ2n) is 8.51. The van der Waals surface area contributed by atoms with Gasteiger partial charge in [0.25, 0.3) is 0 Å². The molecule has 202 valence electrons. The van der Waals surface area contributed by atoms with Gasteiger partial charge >= 0.3 is 15.2 Å². The Bertz CT molecular complexity index is 1360. The zero-order valence-electron chi connectivity index (χ0n) is 19.5. The van der Waals surface area contributed by atoms with Gasteiger partial charge in [-0.1, -0.05) is 35.5 Å². The van der Waals surface area contributed by atoms with Crippen LogP contribution in [0.2, 0.25) is 5.28 Å². The van der Waals surface area contributed by atoms with Gasteiger partial charge in [-0.2, -0.15) is 14.6 Å². The number of fused-ring (bicyclic) bond motifs is 1. The van der Waals surface area contributed by atoms with Gasteiger partial charge < -0.3 is 39.1 Å². The van der Waals surface area contributed by atoms with E-state index in [9.17, 15) is 24.2 Å². The average molecular weight is 579 g/mol. The lowest BCUT2D eigenvalue weighted by Gasteiger charge is -2.26. The highest BCUT2D eigenvalue weighted by Gasteiger charge is 2.46. The topological polar surface area (TPSA) is 213 Å². The lowest BCUT2D eigenvalue weighted by atomic mass is 10.1. The van der Waals surface area contributed by atoms with Crippen molar-refractivity contribution in [1.29, 1.82) is 0 Å². The number of nitrogens with zero attached hydrogens (tertiary/aromatic N) is 6. The van der Waals surface area contributed by atoms with Crippen LogP contribution in [0.25, 0.3) is 11.2 Å². The summed E-state index contributed by atoms with van der Waals surface area (Å²) >= 11 is 6.19. The second-order valence-corrected chi connectivity index (χ2v) is 12.8. The molecule has 0 amide bonds. The van der Waals surface area contributed by atoms with Crippen LogP contribution in [0.5, 0.6) is 0 Å². The molecule has 0 spiro atoms. The maximum absolute atomic E-state index is 11.9. The van der Waals surface area contributed by atoms with Crippen LogP contribution >= 0.6 is 26.8 Å². The number of aliphatic hydroxyl groups excluding tert-OH is 2. The molecule has 1 saturated heterocycles. The molecule has 0 radical (unpaired) electrons. The molecule has 15 nitrogen and oxygen atoms in total. The van der Waals surface area contributed by atoms with Crippen LogP contribution < -0.4 is 4.90 Å². The number of benzene rings is 1. The SMILES string of the molecule is CC(c1ccccc1)N(C)c1nc(Cl)nc2c1nnn2[C@@H]1O[C@H](COP(=O)(O)CP(=O)(O)O)[C@@H](O)[C@H]1O. The number of ether oxygens (including phenoxy) is 1. The fraction of sp³-hybridized carbons (Fsp3) is 0.474. The Labute approximate surface area is 215 Å². The third-order valence-corrected chi connectivity index (χ3v) is 9.48. The molecular formula is C19H25ClN6O9P2. The van der Waals surface area contributed by atoms with Crippen molar-refractivity contribution in [2.75, 3.05) is 24.5 Å². The third kappa shape index (κ3) is 6.18. The van der Waals surface area contributed by atoms with E-state index in [0.29, 0.717) is 5.82 Å². The van der Waals surface area contributed by atoms with Gasteiger partial charge in [-0.25, -0.2) is 0 Å². The van der Waals surface area contributed by atoms with Gasteiger partial charge in [0, 0.05) is 7.05 Å². The molecule has 1 aliphatic rings. The Morgan fingerprint density at radius 1 is 1.16 bits per heavy atom. The maximum atomic E-state index is 11.9. The number of hydrogen-bond acceptors (Lipinski definition) is 11. The van der Waals surface area contributed by atoms with Crippen molar-refractivity contribution >= 4 is 43.8 Å². The summed E-state index contributed by atoms with van der Waals surface area (Å²) in [4.78, 5) is 37.8. The van der Waals surface area contributed by atoms with E-state index in [1.165, 1.54) is 0 Å². The quantitative estimate of drug-likeness (QED) is 0.177. The predicted molar refractivity (Wildman–Crippen MR) is 130 cm³/mol. The van der Waals surface area contributed by atoms with E-state index in [1.807, 2.05) is 42.2 Å².